The highest BCUT2D eigenvalue weighted by Crippen LogP contribution is 2.05. The molecule has 122 valence electrons. The van der Waals surface area contributed by atoms with Crippen molar-refractivity contribution in [3.8, 4) is 0 Å². The summed E-state index contributed by atoms with van der Waals surface area (Å²) >= 11 is 0. The summed E-state index contributed by atoms with van der Waals surface area (Å²) in [5.41, 5.74) is 0.117. The molecular weight excluding hydrogens is 256 g/mol. The van der Waals surface area contributed by atoms with E-state index in [0.717, 1.165) is 45.9 Å². The molecule has 0 aliphatic carbocycles. The van der Waals surface area contributed by atoms with Crippen molar-refractivity contribution in [2.75, 3.05) is 60.8 Å². The summed E-state index contributed by atoms with van der Waals surface area (Å²) in [7, 11) is 5.24. The fraction of sp³-hybridized carbons (Fsp3) is 1.00. The molecule has 5 heteroatoms. The Morgan fingerprint density at radius 1 is 0.950 bits per heavy atom. The number of hydrogen-bond acceptors (Lipinski definition) is 5. The molecule has 0 aliphatic rings. The lowest BCUT2D eigenvalue weighted by atomic mass is 10.1. The molecule has 0 bridgehead atoms. The largest absolute Gasteiger partial charge is 0.385 e. The third-order valence-electron chi connectivity index (χ3n) is 3.12. The maximum Gasteiger partial charge on any atom is 0.0630 e. The fourth-order valence-electron chi connectivity index (χ4n) is 2.01. The second kappa shape index (κ2) is 11.5. The number of methoxy groups -OCH3 is 3. The van der Waals surface area contributed by atoms with Gasteiger partial charge in [0.2, 0.25) is 0 Å². The van der Waals surface area contributed by atoms with Crippen LogP contribution in [0, 0.1) is 0 Å². The van der Waals surface area contributed by atoms with Gasteiger partial charge in [-0.1, -0.05) is 0 Å². The topological polar surface area (TPSA) is 43.0 Å². The highest BCUT2D eigenvalue weighted by atomic mass is 16.5. The van der Waals surface area contributed by atoms with Crippen LogP contribution < -0.4 is 5.32 Å². The van der Waals surface area contributed by atoms with Crippen molar-refractivity contribution in [2.24, 2.45) is 0 Å². The van der Waals surface area contributed by atoms with Gasteiger partial charge in [-0.3, -0.25) is 4.90 Å². The van der Waals surface area contributed by atoms with Gasteiger partial charge in [0, 0.05) is 59.2 Å². The first-order valence-electron chi connectivity index (χ1n) is 7.40. The van der Waals surface area contributed by atoms with Crippen molar-refractivity contribution in [2.45, 2.75) is 38.8 Å². The second-order valence-electron chi connectivity index (χ2n) is 6.12. The molecule has 0 heterocycles. The molecule has 0 aromatic heterocycles. The SMILES string of the molecule is COCCCN(CCOC)C(CNC(C)(C)C)COC. The van der Waals surface area contributed by atoms with Crippen molar-refractivity contribution in [1.29, 1.82) is 0 Å². The van der Waals surface area contributed by atoms with E-state index >= 15 is 0 Å². The van der Waals surface area contributed by atoms with Gasteiger partial charge in [0.05, 0.1) is 13.2 Å². The standard InChI is InChI=1S/C15H34N2O3/c1-15(2,3)16-12-14(13-20-6)17(9-11-19-5)8-7-10-18-4/h14,16H,7-13H2,1-6H3. The van der Waals surface area contributed by atoms with Gasteiger partial charge in [-0.15, -0.1) is 0 Å². The number of nitrogens with one attached hydrogen (secondary N) is 1. The second-order valence-corrected chi connectivity index (χ2v) is 6.12. The van der Waals surface area contributed by atoms with E-state index < -0.39 is 0 Å². The van der Waals surface area contributed by atoms with Crippen molar-refractivity contribution in [1.82, 2.24) is 10.2 Å². The number of ether oxygens (including phenoxy) is 3. The van der Waals surface area contributed by atoms with Crippen molar-refractivity contribution in [3.05, 3.63) is 0 Å². The summed E-state index contributed by atoms with van der Waals surface area (Å²) in [4.78, 5) is 2.42. The highest BCUT2D eigenvalue weighted by molar-refractivity contribution is 4.79. The van der Waals surface area contributed by atoms with Crippen LogP contribution in [0.4, 0.5) is 0 Å². The zero-order valence-electron chi connectivity index (χ0n) is 14.2. The van der Waals surface area contributed by atoms with Gasteiger partial charge in [0.25, 0.3) is 0 Å². The molecule has 1 N–H and O–H groups in total. The predicted molar refractivity (Wildman–Crippen MR) is 83.4 cm³/mol. The van der Waals surface area contributed by atoms with E-state index in [1.54, 1.807) is 21.3 Å². The lowest BCUT2D eigenvalue weighted by Gasteiger charge is -2.33. The summed E-state index contributed by atoms with van der Waals surface area (Å²) in [6, 6.07) is 0.353. The van der Waals surface area contributed by atoms with E-state index in [4.69, 9.17) is 14.2 Å². The lowest BCUT2D eigenvalue weighted by Crippen LogP contribution is -2.50. The Morgan fingerprint density at radius 2 is 1.60 bits per heavy atom. The van der Waals surface area contributed by atoms with Gasteiger partial charge in [-0.25, -0.2) is 0 Å². The third-order valence-corrected chi connectivity index (χ3v) is 3.12. The Morgan fingerprint density at radius 3 is 2.10 bits per heavy atom. The molecule has 0 spiro atoms. The fourth-order valence-corrected chi connectivity index (χ4v) is 2.01. The van der Waals surface area contributed by atoms with Crippen LogP contribution in [0.2, 0.25) is 0 Å². The van der Waals surface area contributed by atoms with Crippen molar-refractivity contribution < 1.29 is 14.2 Å². The van der Waals surface area contributed by atoms with Gasteiger partial charge < -0.3 is 19.5 Å². The average Bonchev–Trinajstić information content (AvgIpc) is 2.38. The van der Waals surface area contributed by atoms with Crippen LogP contribution in [0.5, 0.6) is 0 Å². The minimum Gasteiger partial charge on any atom is -0.385 e. The van der Waals surface area contributed by atoms with Gasteiger partial charge in [0.15, 0.2) is 0 Å². The molecule has 0 aliphatic heterocycles. The molecule has 20 heavy (non-hydrogen) atoms. The van der Waals surface area contributed by atoms with Gasteiger partial charge >= 0.3 is 0 Å². The van der Waals surface area contributed by atoms with E-state index in [2.05, 4.69) is 31.0 Å². The summed E-state index contributed by atoms with van der Waals surface area (Å²) in [6.45, 7) is 11.6. The smallest absolute Gasteiger partial charge is 0.0630 e. The zero-order chi connectivity index (χ0) is 15.4. The highest BCUT2D eigenvalue weighted by Gasteiger charge is 2.20. The molecule has 1 unspecified atom stereocenters. The first kappa shape index (κ1) is 19.8. The van der Waals surface area contributed by atoms with E-state index in [1.165, 1.54) is 0 Å². The van der Waals surface area contributed by atoms with Crippen molar-refractivity contribution in [3.63, 3.8) is 0 Å². The molecule has 0 rings (SSSR count). The Labute approximate surface area is 124 Å². The van der Waals surface area contributed by atoms with Crippen LogP contribution in [0.3, 0.4) is 0 Å². The summed E-state index contributed by atoms with van der Waals surface area (Å²) in [5, 5.41) is 3.56. The molecule has 0 fully saturated rings. The monoisotopic (exact) mass is 290 g/mol. The Kier molecular flexibility index (Phi) is 11.3. The van der Waals surface area contributed by atoms with Crippen LogP contribution >= 0.6 is 0 Å². The Balaban J connectivity index is 4.45. The van der Waals surface area contributed by atoms with E-state index in [9.17, 15) is 0 Å². The van der Waals surface area contributed by atoms with Crippen LogP contribution in [-0.2, 0) is 14.2 Å². The van der Waals surface area contributed by atoms with Crippen LogP contribution in [0.1, 0.15) is 27.2 Å². The predicted octanol–water partition coefficient (Wildman–Crippen LogP) is 1.37. The molecule has 0 aromatic carbocycles. The minimum atomic E-state index is 0.117. The minimum absolute atomic E-state index is 0.117. The number of hydrogen-bond donors (Lipinski definition) is 1. The maximum absolute atomic E-state index is 5.38. The molecule has 0 saturated carbocycles. The first-order valence-corrected chi connectivity index (χ1v) is 7.40. The van der Waals surface area contributed by atoms with E-state index in [1.807, 2.05) is 0 Å². The molecule has 1 atom stereocenters. The van der Waals surface area contributed by atoms with E-state index in [0.29, 0.717) is 6.04 Å². The number of nitrogens with zero attached hydrogens (tertiary/aromatic N) is 1. The molecule has 0 radical (unpaired) electrons. The summed E-state index contributed by atoms with van der Waals surface area (Å²) < 4.78 is 15.7. The lowest BCUT2D eigenvalue weighted by molar-refractivity contribution is 0.0579. The number of rotatable bonds is 12. The normalized spacial score (nSPS) is 13.9. The third kappa shape index (κ3) is 10.6. The van der Waals surface area contributed by atoms with Crippen LogP contribution in [0.25, 0.3) is 0 Å². The molecule has 5 nitrogen and oxygen atoms in total. The quantitative estimate of drug-likeness (QED) is 0.550. The average molecular weight is 290 g/mol. The zero-order valence-corrected chi connectivity index (χ0v) is 14.2. The Bertz CT molecular complexity index is 220. The molecule has 0 aromatic rings. The van der Waals surface area contributed by atoms with Gasteiger partial charge in [-0.05, 0) is 27.2 Å². The van der Waals surface area contributed by atoms with Gasteiger partial charge in [-0.2, -0.15) is 0 Å². The maximum atomic E-state index is 5.38. The summed E-state index contributed by atoms with van der Waals surface area (Å²) in [6.07, 6.45) is 1.02. The molecule has 0 saturated heterocycles. The first-order chi connectivity index (χ1) is 9.44. The molecule has 0 amide bonds. The van der Waals surface area contributed by atoms with Crippen LogP contribution in [-0.4, -0.2) is 77.3 Å². The Hall–Kier alpha value is -0.200. The summed E-state index contributed by atoms with van der Waals surface area (Å²) in [5.74, 6) is 0. The van der Waals surface area contributed by atoms with Gasteiger partial charge in [0.1, 0.15) is 0 Å². The molecular formula is C15H34N2O3. The van der Waals surface area contributed by atoms with Crippen LogP contribution in [0.15, 0.2) is 0 Å². The van der Waals surface area contributed by atoms with E-state index in [-0.39, 0.29) is 5.54 Å². The van der Waals surface area contributed by atoms with Crippen molar-refractivity contribution >= 4 is 0 Å².